The Morgan fingerprint density at radius 1 is 1.21 bits per heavy atom. The molecule has 1 aromatic carbocycles. The molecule has 74 valence electrons. The summed E-state index contributed by atoms with van der Waals surface area (Å²) in [5, 5.41) is 0.792. The maximum atomic E-state index is 5.82. The molecule has 0 saturated carbocycles. The summed E-state index contributed by atoms with van der Waals surface area (Å²) in [6.07, 6.45) is 1.86. The lowest BCUT2D eigenvalue weighted by Crippen LogP contribution is -1.90. The Kier molecular flexibility index (Phi) is 4.56. The maximum absolute atomic E-state index is 5.82. The highest BCUT2D eigenvalue weighted by molar-refractivity contribution is 6.30. The van der Waals surface area contributed by atoms with E-state index in [1.807, 2.05) is 12.1 Å². The summed E-state index contributed by atoms with van der Waals surface area (Å²) in [5.41, 5.74) is 1.31. The highest BCUT2D eigenvalue weighted by Gasteiger charge is 2.02. The third kappa shape index (κ3) is 3.44. The Bertz CT molecular complexity index is 326. The van der Waals surface area contributed by atoms with Crippen molar-refractivity contribution in [1.82, 2.24) is 0 Å². The van der Waals surface area contributed by atoms with Gasteiger partial charge in [-0.25, -0.2) is 0 Å². The molecule has 0 nitrogen and oxygen atoms in total. The van der Waals surface area contributed by atoms with Crippen LogP contribution >= 0.6 is 11.6 Å². The van der Waals surface area contributed by atoms with Crippen molar-refractivity contribution in [2.75, 3.05) is 0 Å². The van der Waals surface area contributed by atoms with Crippen LogP contribution in [-0.4, -0.2) is 0 Å². The average Bonchev–Trinajstić information content (AvgIpc) is 2.19. The minimum absolute atomic E-state index is 0.492. The van der Waals surface area contributed by atoms with Gasteiger partial charge in [0, 0.05) is 17.9 Å². The first kappa shape index (κ1) is 11.1. The summed E-state index contributed by atoms with van der Waals surface area (Å²) in [6, 6.07) is 8.00. The molecule has 0 heterocycles. The molecule has 0 aliphatic heterocycles. The summed E-state index contributed by atoms with van der Waals surface area (Å²) in [5.74, 6) is 6.74. The van der Waals surface area contributed by atoms with E-state index >= 15 is 0 Å². The van der Waals surface area contributed by atoms with Gasteiger partial charge in [0.2, 0.25) is 0 Å². The Balaban J connectivity index is 2.60. The van der Waals surface area contributed by atoms with Crippen LogP contribution in [0.15, 0.2) is 24.3 Å². The smallest absolute Gasteiger partial charge is 0.0406 e. The lowest BCUT2D eigenvalue weighted by Gasteiger charge is -2.07. The molecular weight excluding hydrogens is 192 g/mol. The summed E-state index contributed by atoms with van der Waals surface area (Å²) in [6.45, 7) is 4.26. The van der Waals surface area contributed by atoms with Crippen LogP contribution in [0.1, 0.15) is 38.2 Å². The molecule has 1 unspecified atom stereocenters. The van der Waals surface area contributed by atoms with Gasteiger partial charge in [-0.15, -0.1) is 11.8 Å². The highest BCUT2D eigenvalue weighted by Crippen LogP contribution is 2.20. The van der Waals surface area contributed by atoms with Gasteiger partial charge in [0.1, 0.15) is 0 Å². The quantitative estimate of drug-likeness (QED) is 0.635. The molecule has 0 saturated heterocycles. The van der Waals surface area contributed by atoms with E-state index in [1.165, 1.54) is 5.56 Å². The summed E-state index contributed by atoms with van der Waals surface area (Å²) in [7, 11) is 0. The number of halogens is 1. The predicted octanol–water partition coefficient (Wildman–Crippen LogP) is 4.25. The minimum Gasteiger partial charge on any atom is -0.104 e. The first-order valence-corrected chi connectivity index (χ1v) is 5.33. The van der Waals surface area contributed by atoms with Crippen LogP contribution in [0.5, 0.6) is 0 Å². The van der Waals surface area contributed by atoms with E-state index in [2.05, 4.69) is 37.8 Å². The summed E-state index contributed by atoms with van der Waals surface area (Å²) < 4.78 is 0. The van der Waals surface area contributed by atoms with Gasteiger partial charge < -0.3 is 0 Å². The van der Waals surface area contributed by atoms with E-state index in [-0.39, 0.29) is 0 Å². The summed E-state index contributed by atoms with van der Waals surface area (Å²) >= 11 is 5.82. The lowest BCUT2D eigenvalue weighted by molar-refractivity contribution is 0.795. The first-order valence-electron chi connectivity index (χ1n) is 4.95. The monoisotopic (exact) mass is 206 g/mol. The third-order valence-corrected chi connectivity index (χ3v) is 2.40. The number of hydrogen-bond donors (Lipinski definition) is 0. The molecule has 0 bridgehead atoms. The fourth-order valence-electron chi connectivity index (χ4n) is 1.26. The maximum Gasteiger partial charge on any atom is 0.0406 e. The lowest BCUT2D eigenvalue weighted by atomic mass is 9.98. The number of rotatable bonds is 2. The van der Waals surface area contributed by atoms with Crippen LogP contribution in [0, 0.1) is 11.8 Å². The molecule has 1 heteroatoms. The first-order chi connectivity index (χ1) is 6.74. The van der Waals surface area contributed by atoms with Gasteiger partial charge >= 0.3 is 0 Å². The van der Waals surface area contributed by atoms with Crippen molar-refractivity contribution in [2.45, 2.75) is 32.6 Å². The molecular formula is C13H15Cl. The van der Waals surface area contributed by atoms with Gasteiger partial charge in [-0.3, -0.25) is 0 Å². The third-order valence-electron chi connectivity index (χ3n) is 2.15. The Labute approximate surface area is 91.3 Å². The molecule has 0 aromatic heterocycles. The highest BCUT2D eigenvalue weighted by atomic mass is 35.5. The van der Waals surface area contributed by atoms with Gasteiger partial charge in [-0.05, 0) is 23.6 Å². The van der Waals surface area contributed by atoms with Crippen LogP contribution in [0.4, 0.5) is 0 Å². The van der Waals surface area contributed by atoms with Crippen molar-refractivity contribution in [3.63, 3.8) is 0 Å². The fourth-order valence-corrected chi connectivity index (χ4v) is 1.39. The molecule has 14 heavy (non-hydrogen) atoms. The molecule has 0 aliphatic carbocycles. The molecule has 0 fully saturated rings. The molecule has 1 rings (SSSR count). The Hall–Kier alpha value is -0.930. The van der Waals surface area contributed by atoms with Gasteiger partial charge in [-0.2, -0.15) is 0 Å². The van der Waals surface area contributed by atoms with Crippen molar-refractivity contribution in [3.05, 3.63) is 34.9 Å². The number of hydrogen-bond acceptors (Lipinski definition) is 0. The van der Waals surface area contributed by atoms with E-state index in [1.54, 1.807) is 0 Å². The van der Waals surface area contributed by atoms with Crippen LogP contribution < -0.4 is 0 Å². The van der Waals surface area contributed by atoms with E-state index in [0.717, 1.165) is 17.9 Å². The molecule has 0 amide bonds. The van der Waals surface area contributed by atoms with Gasteiger partial charge in [-0.1, -0.05) is 37.6 Å². The molecule has 1 atom stereocenters. The van der Waals surface area contributed by atoms with Crippen molar-refractivity contribution in [3.8, 4) is 11.8 Å². The number of benzene rings is 1. The molecule has 0 spiro atoms. The second kappa shape index (κ2) is 5.73. The normalized spacial score (nSPS) is 11.6. The van der Waals surface area contributed by atoms with Crippen molar-refractivity contribution in [1.29, 1.82) is 0 Å². The standard InChI is InChI=1S/C13H15Cl/c1-3-4-5-6-11(2)12-7-9-13(14)10-8-12/h7-11H,3,6H2,1-2H3. The van der Waals surface area contributed by atoms with Crippen LogP contribution in [0.3, 0.4) is 0 Å². The van der Waals surface area contributed by atoms with Gasteiger partial charge in [0.25, 0.3) is 0 Å². The zero-order valence-corrected chi connectivity index (χ0v) is 9.43. The molecule has 0 N–H and O–H groups in total. The average molecular weight is 207 g/mol. The van der Waals surface area contributed by atoms with Crippen molar-refractivity contribution >= 4 is 11.6 Å². The fraction of sp³-hybridized carbons (Fsp3) is 0.385. The van der Waals surface area contributed by atoms with E-state index < -0.39 is 0 Å². The SMILES string of the molecule is CCC#CCC(C)c1ccc(Cl)cc1. The van der Waals surface area contributed by atoms with Crippen LogP contribution in [-0.2, 0) is 0 Å². The predicted molar refractivity (Wildman–Crippen MR) is 62.6 cm³/mol. The minimum atomic E-state index is 0.492. The summed E-state index contributed by atoms with van der Waals surface area (Å²) in [4.78, 5) is 0. The zero-order valence-electron chi connectivity index (χ0n) is 8.68. The topological polar surface area (TPSA) is 0 Å². The molecule has 0 radical (unpaired) electrons. The van der Waals surface area contributed by atoms with Crippen LogP contribution in [0.2, 0.25) is 5.02 Å². The van der Waals surface area contributed by atoms with Crippen LogP contribution in [0.25, 0.3) is 0 Å². The van der Waals surface area contributed by atoms with Crippen molar-refractivity contribution in [2.24, 2.45) is 0 Å². The van der Waals surface area contributed by atoms with E-state index in [0.29, 0.717) is 5.92 Å². The Morgan fingerprint density at radius 3 is 2.43 bits per heavy atom. The van der Waals surface area contributed by atoms with E-state index in [9.17, 15) is 0 Å². The van der Waals surface area contributed by atoms with Crippen molar-refractivity contribution < 1.29 is 0 Å². The van der Waals surface area contributed by atoms with Gasteiger partial charge in [0.15, 0.2) is 0 Å². The second-order valence-corrected chi connectivity index (χ2v) is 3.80. The molecule has 1 aromatic rings. The van der Waals surface area contributed by atoms with E-state index in [4.69, 9.17) is 11.6 Å². The zero-order chi connectivity index (χ0) is 10.4. The largest absolute Gasteiger partial charge is 0.104 e. The van der Waals surface area contributed by atoms with Gasteiger partial charge in [0.05, 0.1) is 0 Å². The molecule has 0 aliphatic rings. The Morgan fingerprint density at radius 2 is 1.86 bits per heavy atom. The second-order valence-electron chi connectivity index (χ2n) is 3.36.